The Labute approximate surface area is 139 Å². The zero-order valence-electron chi connectivity index (χ0n) is 13.5. The highest BCUT2D eigenvalue weighted by Crippen LogP contribution is 2.23. The third-order valence-corrected chi connectivity index (χ3v) is 3.57. The van der Waals surface area contributed by atoms with Crippen molar-refractivity contribution in [2.45, 2.75) is 13.0 Å². The van der Waals surface area contributed by atoms with Crippen molar-refractivity contribution in [1.29, 1.82) is 0 Å². The highest BCUT2D eigenvalue weighted by molar-refractivity contribution is 5.94. The molecule has 0 aliphatic heterocycles. The Morgan fingerprint density at radius 3 is 2.62 bits per heavy atom. The van der Waals surface area contributed by atoms with E-state index in [1.54, 1.807) is 19.2 Å². The number of amides is 1. The van der Waals surface area contributed by atoms with Crippen LogP contribution in [-0.2, 0) is 0 Å². The van der Waals surface area contributed by atoms with Crippen molar-refractivity contribution in [3.8, 4) is 11.5 Å². The first kappa shape index (κ1) is 15.7. The molecule has 6 nitrogen and oxygen atoms in total. The van der Waals surface area contributed by atoms with Crippen LogP contribution in [0.2, 0.25) is 0 Å². The highest BCUT2D eigenvalue weighted by atomic mass is 16.4. The number of rotatable bonds is 5. The lowest BCUT2D eigenvalue weighted by Crippen LogP contribution is -2.18. The topological polar surface area (TPSA) is 80.0 Å². The van der Waals surface area contributed by atoms with Crippen LogP contribution >= 0.6 is 0 Å². The molecule has 3 rings (SSSR count). The van der Waals surface area contributed by atoms with E-state index >= 15 is 0 Å². The van der Waals surface area contributed by atoms with Gasteiger partial charge in [-0.2, -0.15) is 0 Å². The Morgan fingerprint density at radius 1 is 1.08 bits per heavy atom. The van der Waals surface area contributed by atoms with Gasteiger partial charge in [-0.25, -0.2) is 0 Å². The quantitative estimate of drug-likeness (QED) is 0.753. The lowest BCUT2D eigenvalue weighted by Gasteiger charge is -2.12. The second kappa shape index (κ2) is 6.95. The molecule has 0 spiro atoms. The lowest BCUT2D eigenvalue weighted by atomic mass is 10.1. The molecule has 2 aromatic carbocycles. The number of benzene rings is 2. The number of nitrogens with one attached hydrogen (secondary N) is 2. The summed E-state index contributed by atoms with van der Waals surface area (Å²) in [6.07, 6.45) is 0. The number of carbonyl (C=O) groups excluding carboxylic acids is 1. The van der Waals surface area contributed by atoms with Crippen molar-refractivity contribution >= 4 is 11.6 Å². The van der Waals surface area contributed by atoms with Crippen LogP contribution < -0.4 is 10.6 Å². The monoisotopic (exact) mass is 322 g/mol. The van der Waals surface area contributed by atoms with Crippen molar-refractivity contribution in [3.63, 3.8) is 0 Å². The summed E-state index contributed by atoms with van der Waals surface area (Å²) in [5.74, 6) is 0.841. The van der Waals surface area contributed by atoms with Gasteiger partial charge in [-0.1, -0.05) is 24.3 Å². The molecule has 122 valence electrons. The molecule has 1 aromatic heterocycles. The lowest BCUT2D eigenvalue weighted by molar-refractivity contribution is 0.0963. The molecular weight excluding hydrogens is 304 g/mol. The summed E-state index contributed by atoms with van der Waals surface area (Å²) in [5.41, 5.74) is 2.28. The first-order chi connectivity index (χ1) is 11.7. The van der Waals surface area contributed by atoms with Gasteiger partial charge in [-0.05, 0) is 37.3 Å². The SMILES string of the molecule is CNC(=O)c1cccc(NC(C)c2nnc(-c3ccccc3)o2)c1. The summed E-state index contributed by atoms with van der Waals surface area (Å²) in [5, 5.41) is 14.1. The maximum absolute atomic E-state index is 11.7. The number of hydrogen-bond acceptors (Lipinski definition) is 5. The number of hydrogen-bond donors (Lipinski definition) is 2. The molecule has 0 saturated carbocycles. The minimum Gasteiger partial charge on any atom is -0.418 e. The summed E-state index contributed by atoms with van der Waals surface area (Å²) in [7, 11) is 1.61. The summed E-state index contributed by atoms with van der Waals surface area (Å²) in [6.45, 7) is 1.93. The number of nitrogens with zero attached hydrogens (tertiary/aromatic N) is 2. The largest absolute Gasteiger partial charge is 0.418 e. The Kier molecular flexibility index (Phi) is 4.56. The minimum absolute atomic E-state index is 0.129. The van der Waals surface area contributed by atoms with Gasteiger partial charge >= 0.3 is 0 Å². The van der Waals surface area contributed by atoms with E-state index in [-0.39, 0.29) is 11.9 Å². The van der Waals surface area contributed by atoms with Gasteiger partial charge in [0.2, 0.25) is 11.8 Å². The molecule has 0 aliphatic carbocycles. The highest BCUT2D eigenvalue weighted by Gasteiger charge is 2.15. The Bertz CT molecular complexity index is 830. The van der Waals surface area contributed by atoms with Gasteiger partial charge in [-0.15, -0.1) is 10.2 Å². The first-order valence-electron chi connectivity index (χ1n) is 7.65. The molecule has 6 heteroatoms. The maximum Gasteiger partial charge on any atom is 0.251 e. The van der Waals surface area contributed by atoms with E-state index in [9.17, 15) is 4.79 Å². The molecule has 0 saturated heterocycles. The van der Waals surface area contributed by atoms with Crippen molar-refractivity contribution in [3.05, 3.63) is 66.1 Å². The van der Waals surface area contributed by atoms with Crippen LogP contribution in [0.1, 0.15) is 29.2 Å². The van der Waals surface area contributed by atoms with Crippen LogP contribution in [0.3, 0.4) is 0 Å². The predicted octanol–water partition coefficient (Wildman–Crippen LogP) is 3.27. The maximum atomic E-state index is 11.7. The molecule has 0 aliphatic rings. The fraction of sp³-hybridized carbons (Fsp3) is 0.167. The second-order valence-corrected chi connectivity index (χ2v) is 5.34. The molecule has 3 aromatic rings. The van der Waals surface area contributed by atoms with Crippen molar-refractivity contribution < 1.29 is 9.21 Å². The van der Waals surface area contributed by atoms with E-state index in [2.05, 4.69) is 20.8 Å². The van der Waals surface area contributed by atoms with Crippen LogP contribution in [0, 0.1) is 0 Å². The van der Waals surface area contributed by atoms with Gasteiger partial charge in [0, 0.05) is 23.9 Å². The molecule has 2 N–H and O–H groups in total. The number of carbonyl (C=O) groups is 1. The smallest absolute Gasteiger partial charge is 0.251 e. The van der Waals surface area contributed by atoms with E-state index in [1.807, 2.05) is 49.4 Å². The average molecular weight is 322 g/mol. The molecule has 24 heavy (non-hydrogen) atoms. The Hall–Kier alpha value is -3.15. The van der Waals surface area contributed by atoms with Gasteiger partial charge in [0.05, 0.1) is 0 Å². The van der Waals surface area contributed by atoms with Gasteiger partial charge in [-0.3, -0.25) is 4.79 Å². The first-order valence-corrected chi connectivity index (χ1v) is 7.65. The van der Waals surface area contributed by atoms with E-state index < -0.39 is 0 Å². The third kappa shape index (κ3) is 3.43. The molecule has 0 bridgehead atoms. The molecule has 0 fully saturated rings. The molecule has 0 radical (unpaired) electrons. The van der Waals surface area contributed by atoms with E-state index in [1.165, 1.54) is 0 Å². The van der Waals surface area contributed by atoms with Crippen LogP contribution in [0.15, 0.2) is 59.0 Å². The molecular formula is C18H18N4O2. The van der Waals surface area contributed by atoms with Crippen LogP contribution in [-0.4, -0.2) is 23.2 Å². The summed E-state index contributed by atoms with van der Waals surface area (Å²) in [4.78, 5) is 11.7. The fourth-order valence-corrected chi connectivity index (χ4v) is 2.31. The minimum atomic E-state index is -0.185. The molecule has 1 unspecified atom stereocenters. The normalized spacial score (nSPS) is 11.8. The van der Waals surface area contributed by atoms with Crippen LogP contribution in [0.4, 0.5) is 5.69 Å². The molecule has 1 heterocycles. The number of anilines is 1. The molecule has 1 amide bonds. The zero-order valence-corrected chi connectivity index (χ0v) is 13.5. The van der Waals surface area contributed by atoms with Crippen LogP contribution in [0.25, 0.3) is 11.5 Å². The van der Waals surface area contributed by atoms with Gasteiger partial charge in [0.1, 0.15) is 6.04 Å². The standard InChI is InChI=1S/C18H18N4O2/c1-12(20-15-10-6-9-14(11-15)16(23)19-2)17-21-22-18(24-17)13-7-4-3-5-8-13/h3-12,20H,1-2H3,(H,19,23). The van der Waals surface area contributed by atoms with Crippen molar-refractivity contribution in [2.75, 3.05) is 12.4 Å². The summed E-state index contributed by atoms with van der Waals surface area (Å²) >= 11 is 0. The van der Waals surface area contributed by atoms with Gasteiger partial charge in [0.25, 0.3) is 5.91 Å². The van der Waals surface area contributed by atoms with Gasteiger partial charge < -0.3 is 15.1 Å². The second-order valence-electron chi connectivity index (χ2n) is 5.34. The predicted molar refractivity (Wildman–Crippen MR) is 91.6 cm³/mol. The number of aromatic nitrogens is 2. The third-order valence-electron chi connectivity index (χ3n) is 3.57. The summed E-state index contributed by atoms with van der Waals surface area (Å²) in [6, 6.07) is 16.7. The Morgan fingerprint density at radius 2 is 1.88 bits per heavy atom. The average Bonchev–Trinajstić information content (AvgIpc) is 3.12. The van der Waals surface area contributed by atoms with Crippen molar-refractivity contribution in [1.82, 2.24) is 15.5 Å². The van der Waals surface area contributed by atoms with Gasteiger partial charge in [0.15, 0.2) is 0 Å². The zero-order chi connectivity index (χ0) is 16.9. The van der Waals surface area contributed by atoms with Crippen molar-refractivity contribution in [2.24, 2.45) is 0 Å². The Balaban J connectivity index is 1.75. The molecule has 1 atom stereocenters. The fourth-order valence-electron chi connectivity index (χ4n) is 2.31. The van der Waals surface area contributed by atoms with E-state index in [4.69, 9.17) is 4.42 Å². The van der Waals surface area contributed by atoms with E-state index in [0.29, 0.717) is 17.3 Å². The summed E-state index contributed by atoms with van der Waals surface area (Å²) < 4.78 is 5.74. The van der Waals surface area contributed by atoms with E-state index in [0.717, 1.165) is 11.3 Å². The van der Waals surface area contributed by atoms with Crippen LogP contribution in [0.5, 0.6) is 0 Å².